The fraction of sp³-hybridized carbons (Fsp3) is 0.600. The summed E-state index contributed by atoms with van der Waals surface area (Å²) in [6.45, 7) is 3.49. The third-order valence-corrected chi connectivity index (χ3v) is 4.73. The van der Waals surface area contributed by atoms with Gasteiger partial charge in [0.1, 0.15) is 0 Å². The molecule has 1 aromatic rings. The number of sulfonamides is 1. The van der Waals surface area contributed by atoms with Crippen LogP contribution in [0.15, 0.2) is 29.2 Å². The Morgan fingerprint density at radius 2 is 1.81 bits per heavy atom. The van der Waals surface area contributed by atoms with Gasteiger partial charge in [0.05, 0.1) is 4.90 Å². The summed E-state index contributed by atoms with van der Waals surface area (Å²) in [7, 11) is 2.33. The van der Waals surface area contributed by atoms with E-state index in [2.05, 4.69) is 10.0 Å². The second kappa shape index (κ2) is 8.48. The van der Waals surface area contributed by atoms with E-state index in [1.807, 2.05) is 45.1 Å². The van der Waals surface area contributed by atoms with E-state index in [1.54, 1.807) is 12.1 Å². The van der Waals surface area contributed by atoms with Crippen molar-refractivity contribution in [3.8, 4) is 0 Å². The molecule has 0 heterocycles. The number of hydrogen-bond donors (Lipinski definition) is 2. The topological polar surface area (TPSA) is 61.4 Å². The minimum atomic E-state index is -3.44. The average molecular weight is 313 g/mol. The van der Waals surface area contributed by atoms with Gasteiger partial charge in [-0.25, -0.2) is 13.1 Å². The predicted octanol–water partition coefficient (Wildman–Crippen LogP) is 1.07. The van der Waals surface area contributed by atoms with Gasteiger partial charge in [0, 0.05) is 12.6 Å². The van der Waals surface area contributed by atoms with Crippen molar-refractivity contribution in [2.75, 3.05) is 34.2 Å². The summed E-state index contributed by atoms with van der Waals surface area (Å²) in [5, 5.41) is 3.10. The predicted molar refractivity (Wildman–Crippen MR) is 87.0 cm³/mol. The van der Waals surface area contributed by atoms with E-state index in [-0.39, 0.29) is 6.04 Å². The summed E-state index contributed by atoms with van der Waals surface area (Å²) < 4.78 is 27.2. The highest BCUT2D eigenvalue weighted by Crippen LogP contribution is 2.12. The van der Waals surface area contributed by atoms with Crippen LogP contribution in [0.4, 0.5) is 0 Å². The number of aryl methyl sites for hydroxylation is 1. The van der Waals surface area contributed by atoms with E-state index in [1.165, 1.54) is 0 Å². The lowest BCUT2D eigenvalue weighted by Crippen LogP contribution is -2.39. The van der Waals surface area contributed by atoms with E-state index in [0.29, 0.717) is 11.4 Å². The number of rotatable bonds is 9. The van der Waals surface area contributed by atoms with Gasteiger partial charge in [0.15, 0.2) is 0 Å². The Labute approximate surface area is 128 Å². The molecule has 120 valence electrons. The lowest BCUT2D eigenvalue weighted by Gasteiger charge is -2.18. The van der Waals surface area contributed by atoms with Gasteiger partial charge in [-0.1, -0.05) is 12.1 Å². The summed E-state index contributed by atoms with van der Waals surface area (Å²) in [6.07, 6.45) is 1.99. The zero-order valence-electron chi connectivity index (χ0n) is 13.4. The normalized spacial score (nSPS) is 13.6. The molecule has 5 nitrogen and oxygen atoms in total. The van der Waals surface area contributed by atoms with Crippen molar-refractivity contribution < 1.29 is 8.42 Å². The van der Waals surface area contributed by atoms with Crippen LogP contribution < -0.4 is 10.0 Å². The second-order valence-electron chi connectivity index (χ2n) is 5.64. The molecule has 0 fully saturated rings. The summed E-state index contributed by atoms with van der Waals surface area (Å²) in [4.78, 5) is 2.28. The third-order valence-electron chi connectivity index (χ3n) is 3.12. The molecule has 0 aliphatic carbocycles. The highest BCUT2D eigenvalue weighted by atomic mass is 32.2. The van der Waals surface area contributed by atoms with Crippen LogP contribution >= 0.6 is 0 Å². The third kappa shape index (κ3) is 6.56. The Kier molecular flexibility index (Phi) is 7.31. The first-order chi connectivity index (χ1) is 9.85. The molecule has 0 aromatic heterocycles. The lowest BCUT2D eigenvalue weighted by molar-refractivity contribution is 0.370. The number of nitrogens with zero attached hydrogens (tertiary/aromatic N) is 1. The summed E-state index contributed by atoms with van der Waals surface area (Å²) in [6, 6.07) is 7.01. The molecular formula is C15H27N3O2S. The van der Waals surface area contributed by atoms with Crippen molar-refractivity contribution in [1.29, 1.82) is 0 Å². The van der Waals surface area contributed by atoms with Gasteiger partial charge in [0.2, 0.25) is 10.0 Å². The first-order valence-corrected chi connectivity index (χ1v) is 8.74. The number of benzene rings is 1. The Morgan fingerprint density at radius 3 is 2.33 bits per heavy atom. The van der Waals surface area contributed by atoms with Gasteiger partial charge < -0.3 is 10.2 Å². The molecule has 0 spiro atoms. The molecule has 6 heteroatoms. The van der Waals surface area contributed by atoms with Gasteiger partial charge in [-0.15, -0.1) is 0 Å². The molecule has 1 unspecified atom stereocenters. The number of likely N-dealkylation sites (N-methyl/N-ethyl adjacent to an activating group) is 1. The zero-order chi connectivity index (χ0) is 15.9. The molecule has 0 aliphatic heterocycles. The molecule has 1 aromatic carbocycles. The van der Waals surface area contributed by atoms with Crippen LogP contribution in [0, 0.1) is 0 Å². The lowest BCUT2D eigenvalue weighted by atomic mass is 10.1. The molecule has 1 atom stereocenters. The molecule has 0 amide bonds. The van der Waals surface area contributed by atoms with Crippen molar-refractivity contribution in [2.24, 2.45) is 0 Å². The van der Waals surface area contributed by atoms with Gasteiger partial charge in [-0.3, -0.25) is 0 Å². The van der Waals surface area contributed by atoms with Crippen LogP contribution in [0.2, 0.25) is 0 Å². The van der Waals surface area contributed by atoms with Crippen molar-refractivity contribution in [2.45, 2.75) is 30.7 Å². The number of nitrogens with one attached hydrogen (secondary N) is 2. The van der Waals surface area contributed by atoms with Gasteiger partial charge in [-0.05, 0) is 65.1 Å². The minimum absolute atomic E-state index is 0.125. The van der Waals surface area contributed by atoms with Crippen molar-refractivity contribution in [3.05, 3.63) is 29.8 Å². The highest BCUT2D eigenvalue weighted by molar-refractivity contribution is 7.89. The van der Waals surface area contributed by atoms with Crippen molar-refractivity contribution in [3.63, 3.8) is 0 Å². The molecule has 0 radical (unpaired) electrons. The van der Waals surface area contributed by atoms with Crippen LogP contribution in [0.5, 0.6) is 0 Å². The second-order valence-corrected chi connectivity index (χ2v) is 7.35. The fourth-order valence-corrected chi connectivity index (χ4v) is 3.46. The maximum atomic E-state index is 12.3. The van der Waals surface area contributed by atoms with Crippen LogP contribution in [0.1, 0.15) is 18.9 Å². The van der Waals surface area contributed by atoms with E-state index in [9.17, 15) is 8.42 Å². The zero-order valence-corrected chi connectivity index (χ0v) is 14.2. The molecule has 21 heavy (non-hydrogen) atoms. The molecule has 0 bridgehead atoms. The highest BCUT2D eigenvalue weighted by Gasteiger charge is 2.17. The monoisotopic (exact) mass is 313 g/mol. The van der Waals surface area contributed by atoms with E-state index in [4.69, 9.17) is 0 Å². The van der Waals surface area contributed by atoms with Crippen LogP contribution in [-0.4, -0.2) is 53.6 Å². The standard InChI is InChI=1S/C15H27N3O2S/c1-13(12-18(3)4)17-21(19,20)15-9-7-14(8-10-15)6-5-11-16-2/h7-10,13,16-17H,5-6,11-12H2,1-4H3. The quantitative estimate of drug-likeness (QED) is 0.670. The summed E-state index contributed by atoms with van der Waals surface area (Å²) in [5.41, 5.74) is 1.16. The van der Waals surface area contributed by atoms with Gasteiger partial charge in [-0.2, -0.15) is 0 Å². The minimum Gasteiger partial charge on any atom is -0.320 e. The largest absolute Gasteiger partial charge is 0.320 e. The molecule has 0 saturated carbocycles. The van der Waals surface area contributed by atoms with Crippen LogP contribution in [0.3, 0.4) is 0 Å². The Balaban J connectivity index is 2.66. The summed E-state index contributed by atoms with van der Waals surface area (Å²) >= 11 is 0. The molecular weight excluding hydrogens is 286 g/mol. The smallest absolute Gasteiger partial charge is 0.240 e. The van der Waals surface area contributed by atoms with Crippen LogP contribution in [-0.2, 0) is 16.4 Å². The summed E-state index contributed by atoms with van der Waals surface area (Å²) in [5.74, 6) is 0. The number of hydrogen-bond acceptors (Lipinski definition) is 4. The SMILES string of the molecule is CNCCCc1ccc(S(=O)(=O)NC(C)CN(C)C)cc1. The van der Waals surface area contributed by atoms with Gasteiger partial charge in [0.25, 0.3) is 0 Å². The Morgan fingerprint density at radius 1 is 1.19 bits per heavy atom. The first-order valence-electron chi connectivity index (χ1n) is 7.25. The van der Waals surface area contributed by atoms with E-state index >= 15 is 0 Å². The molecule has 0 aliphatic rings. The van der Waals surface area contributed by atoms with Crippen LogP contribution in [0.25, 0.3) is 0 Å². The maximum Gasteiger partial charge on any atom is 0.240 e. The fourth-order valence-electron chi connectivity index (χ4n) is 2.22. The van der Waals surface area contributed by atoms with E-state index in [0.717, 1.165) is 24.9 Å². The van der Waals surface area contributed by atoms with Crippen molar-refractivity contribution >= 4 is 10.0 Å². The maximum absolute atomic E-state index is 12.3. The first kappa shape index (κ1) is 18.1. The molecule has 0 saturated heterocycles. The van der Waals surface area contributed by atoms with Crippen molar-refractivity contribution in [1.82, 2.24) is 14.9 Å². The Bertz CT molecular complexity index is 512. The van der Waals surface area contributed by atoms with E-state index < -0.39 is 10.0 Å². The average Bonchev–Trinajstić information content (AvgIpc) is 2.38. The molecule has 2 N–H and O–H groups in total. The van der Waals surface area contributed by atoms with Gasteiger partial charge >= 0.3 is 0 Å². The molecule has 1 rings (SSSR count). The Hall–Kier alpha value is -0.950.